The highest BCUT2D eigenvalue weighted by Gasteiger charge is 2.17. The average Bonchev–Trinajstić information content (AvgIpc) is 2.33. The van der Waals surface area contributed by atoms with Gasteiger partial charge in [-0.25, -0.2) is 0 Å². The molecule has 1 rings (SSSR count). The summed E-state index contributed by atoms with van der Waals surface area (Å²) in [5.41, 5.74) is 1.02. The van der Waals surface area contributed by atoms with Crippen LogP contribution in [0.2, 0.25) is 0 Å². The highest BCUT2D eigenvalue weighted by Crippen LogP contribution is 2.11. The van der Waals surface area contributed by atoms with Crippen molar-refractivity contribution < 1.29 is 10.4 Å². The van der Waals surface area contributed by atoms with Crippen molar-refractivity contribution >= 4 is 11.4 Å². The topological polar surface area (TPSA) is 65.2 Å². The first-order valence-electron chi connectivity index (χ1n) is 2.80. The van der Waals surface area contributed by atoms with Crippen LogP contribution in [0.25, 0.3) is 0 Å². The minimum absolute atomic E-state index is 0.512. The minimum atomic E-state index is 0.512. The molecule has 0 bridgehead atoms. The van der Waals surface area contributed by atoms with Crippen LogP contribution in [0.1, 0.15) is 19.3 Å². The van der Waals surface area contributed by atoms with E-state index < -0.39 is 0 Å². The van der Waals surface area contributed by atoms with Gasteiger partial charge in [-0.1, -0.05) is 10.3 Å². The molecular formula is C5H8N2O2. The van der Waals surface area contributed by atoms with Gasteiger partial charge in [0.05, 0.1) is 0 Å². The van der Waals surface area contributed by atoms with Crippen LogP contribution in [-0.4, -0.2) is 21.8 Å². The maximum atomic E-state index is 8.26. The molecule has 50 valence electrons. The molecule has 4 heteroatoms. The lowest BCUT2D eigenvalue weighted by Gasteiger charge is -1.88. The van der Waals surface area contributed by atoms with Gasteiger partial charge in [-0.2, -0.15) is 0 Å². The summed E-state index contributed by atoms with van der Waals surface area (Å²) in [7, 11) is 0. The molecule has 0 unspecified atom stereocenters. The Kier molecular flexibility index (Phi) is 1.67. The normalized spacial score (nSPS) is 28.0. The molecule has 0 aromatic carbocycles. The molecule has 0 aromatic heterocycles. The Hall–Kier alpha value is -1.06. The first-order valence-corrected chi connectivity index (χ1v) is 2.80. The van der Waals surface area contributed by atoms with Gasteiger partial charge in [-0.3, -0.25) is 0 Å². The van der Waals surface area contributed by atoms with Crippen LogP contribution in [0, 0.1) is 0 Å². The molecule has 1 saturated carbocycles. The van der Waals surface area contributed by atoms with Crippen molar-refractivity contribution in [3.05, 3.63) is 0 Å². The van der Waals surface area contributed by atoms with Crippen molar-refractivity contribution in [2.24, 2.45) is 10.3 Å². The summed E-state index contributed by atoms with van der Waals surface area (Å²) in [6, 6.07) is 0. The summed E-state index contributed by atoms with van der Waals surface area (Å²) in [4.78, 5) is 0. The predicted molar refractivity (Wildman–Crippen MR) is 32.3 cm³/mol. The molecule has 0 atom stereocenters. The predicted octanol–water partition coefficient (Wildman–Crippen LogP) is 0.831. The number of hydrogen-bond donors (Lipinski definition) is 2. The summed E-state index contributed by atoms with van der Waals surface area (Å²) in [6.45, 7) is 0. The van der Waals surface area contributed by atoms with Crippen LogP contribution >= 0.6 is 0 Å². The molecule has 0 aliphatic heterocycles. The van der Waals surface area contributed by atoms with Crippen LogP contribution in [-0.2, 0) is 0 Å². The van der Waals surface area contributed by atoms with Gasteiger partial charge in [0.25, 0.3) is 0 Å². The number of nitrogens with zero attached hydrogens (tertiary/aromatic N) is 2. The summed E-state index contributed by atoms with van der Waals surface area (Å²) in [5, 5.41) is 22.5. The molecule has 9 heavy (non-hydrogen) atoms. The van der Waals surface area contributed by atoms with Gasteiger partial charge in [0.2, 0.25) is 0 Å². The zero-order valence-corrected chi connectivity index (χ0v) is 4.91. The summed E-state index contributed by atoms with van der Waals surface area (Å²) in [6.07, 6.45) is 2.35. The number of hydrogen-bond acceptors (Lipinski definition) is 4. The standard InChI is InChI=1S/C5H8N2O2/c8-6-4-2-1-3-5(4)7-9/h8-9H,1-3H2. The fraction of sp³-hybridized carbons (Fsp3) is 0.600. The minimum Gasteiger partial charge on any atom is -0.411 e. The zero-order chi connectivity index (χ0) is 6.69. The highest BCUT2D eigenvalue weighted by atomic mass is 16.4. The summed E-state index contributed by atoms with van der Waals surface area (Å²) < 4.78 is 0. The van der Waals surface area contributed by atoms with E-state index >= 15 is 0 Å². The third-order valence-corrected chi connectivity index (χ3v) is 1.40. The fourth-order valence-electron chi connectivity index (χ4n) is 0.927. The molecule has 0 amide bonds. The van der Waals surface area contributed by atoms with E-state index in [9.17, 15) is 0 Å². The maximum Gasteiger partial charge on any atom is 0.104 e. The first-order chi connectivity index (χ1) is 4.38. The average molecular weight is 128 g/mol. The second kappa shape index (κ2) is 2.48. The van der Waals surface area contributed by atoms with E-state index in [-0.39, 0.29) is 0 Å². The number of oxime groups is 2. The molecule has 0 saturated heterocycles. The van der Waals surface area contributed by atoms with Crippen LogP contribution in [0.15, 0.2) is 10.3 Å². The van der Waals surface area contributed by atoms with Crippen LogP contribution < -0.4 is 0 Å². The van der Waals surface area contributed by atoms with Gasteiger partial charge in [0.15, 0.2) is 0 Å². The molecule has 1 aliphatic rings. The zero-order valence-electron chi connectivity index (χ0n) is 4.91. The van der Waals surface area contributed by atoms with Crippen LogP contribution in [0.4, 0.5) is 0 Å². The molecule has 4 nitrogen and oxygen atoms in total. The lowest BCUT2D eigenvalue weighted by atomic mass is 10.3. The third kappa shape index (κ3) is 1.01. The van der Waals surface area contributed by atoms with E-state index in [0.29, 0.717) is 11.4 Å². The van der Waals surface area contributed by atoms with Crippen molar-refractivity contribution in [1.82, 2.24) is 0 Å². The Labute approximate surface area is 52.5 Å². The van der Waals surface area contributed by atoms with Gasteiger partial charge < -0.3 is 10.4 Å². The lowest BCUT2D eigenvalue weighted by Crippen LogP contribution is -2.04. The van der Waals surface area contributed by atoms with Gasteiger partial charge in [0, 0.05) is 0 Å². The van der Waals surface area contributed by atoms with Crippen LogP contribution in [0.3, 0.4) is 0 Å². The maximum absolute atomic E-state index is 8.26. The van der Waals surface area contributed by atoms with E-state index in [4.69, 9.17) is 10.4 Å². The van der Waals surface area contributed by atoms with E-state index in [1.54, 1.807) is 0 Å². The molecule has 0 spiro atoms. The van der Waals surface area contributed by atoms with Gasteiger partial charge >= 0.3 is 0 Å². The van der Waals surface area contributed by atoms with E-state index in [1.807, 2.05) is 0 Å². The lowest BCUT2D eigenvalue weighted by molar-refractivity contribution is 0.313. The van der Waals surface area contributed by atoms with Crippen molar-refractivity contribution in [2.75, 3.05) is 0 Å². The second-order valence-electron chi connectivity index (χ2n) is 1.95. The van der Waals surface area contributed by atoms with Gasteiger partial charge in [-0.05, 0) is 19.3 Å². The fourth-order valence-corrected chi connectivity index (χ4v) is 0.927. The second-order valence-corrected chi connectivity index (χ2v) is 1.95. The summed E-state index contributed by atoms with van der Waals surface area (Å²) in [5.74, 6) is 0. The Balaban J connectivity index is 2.75. The highest BCUT2D eigenvalue weighted by molar-refractivity contribution is 6.43. The molecular weight excluding hydrogens is 120 g/mol. The van der Waals surface area contributed by atoms with E-state index in [0.717, 1.165) is 19.3 Å². The Morgan fingerprint density at radius 3 is 1.78 bits per heavy atom. The Bertz CT molecular complexity index is 144. The van der Waals surface area contributed by atoms with Crippen molar-refractivity contribution in [1.29, 1.82) is 0 Å². The molecule has 2 N–H and O–H groups in total. The Morgan fingerprint density at radius 1 is 1.00 bits per heavy atom. The van der Waals surface area contributed by atoms with Gasteiger partial charge in [0.1, 0.15) is 11.4 Å². The molecule has 0 radical (unpaired) electrons. The first kappa shape index (κ1) is 6.07. The van der Waals surface area contributed by atoms with Crippen LogP contribution in [0.5, 0.6) is 0 Å². The molecule has 0 heterocycles. The van der Waals surface area contributed by atoms with E-state index in [1.165, 1.54) is 0 Å². The van der Waals surface area contributed by atoms with E-state index in [2.05, 4.69) is 10.3 Å². The van der Waals surface area contributed by atoms with Crippen molar-refractivity contribution in [3.8, 4) is 0 Å². The molecule has 1 aliphatic carbocycles. The third-order valence-electron chi connectivity index (χ3n) is 1.40. The quantitative estimate of drug-likeness (QED) is 0.375. The number of rotatable bonds is 0. The van der Waals surface area contributed by atoms with Crippen molar-refractivity contribution in [2.45, 2.75) is 19.3 Å². The molecule has 0 aromatic rings. The smallest absolute Gasteiger partial charge is 0.104 e. The molecule has 1 fully saturated rings. The van der Waals surface area contributed by atoms with Crippen molar-refractivity contribution in [3.63, 3.8) is 0 Å². The Morgan fingerprint density at radius 2 is 1.44 bits per heavy atom. The summed E-state index contributed by atoms with van der Waals surface area (Å²) >= 11 is 0. The monoisotopic (exact) mass is 128 g/mol. The van der Waals surface area contributed by atoms with Gasteiger partial charge in [-0.15, -0.1) is 0 Å². The SMILES string of the molecule is ON=C1CCCC1=NO. The largest absolute Gasteiger partial charge is 0.411 e.